The molecule has 0 saturated heterocycles. The predicted molar refractivity (Wildman–Crippen MR) is 107 cm³/mol. The molecule has 1 fully saturated rings. The van der Waals surface area contributed by atoms with Crippen molar-refractivity contribution in [2.45, 2.75) is 45.7 Å². The van der Waals surface area contributed by atoms with Crippen molar-refractivity contribution in [3.63, 3.8) is 0 Å². The number of carboxylic acid groups (broad SMARTS) is 1. The number of para-hydroxylation sites is 2. The Hall–Kier alpha value is -2.87. The summed E-state index contributed by atoms with van der Waals surface area (Å²) in [5.74, 6) is -0.822. The first-order valence-electron chi connectivity index (χ1n) is 9.53. The van der Waals surface area contributed by atoms with Gasteiger partial charge in [-0.1, -0.05) is 19.1 Å². The molecule has 1 aliphatic carbocycles. The number of likely N-dealkylation sites (N-methyl/N-ethyl adjacent to an activating group) is 1. The fraction of sp³-hybridized carbons (Fsp3) is 0.450. The Morgan fingerprint density at radius 1 is 1.29 bits per heavy atom. The molecular weight excluding hydrogens is 358 g/mol. The van der Waals surface area contributed by atoms with Crippen molar-refractivity contribution >= 4 is 17.7 Å². The second kappa shape index (κ2) is 8.43. The van der Waals surface area contributed by atoms with E-state index in [2.05, 4.69) is 15.7 Å². The molecule has 1 aliphatic rings. The molecule has 8 nitrogen and oxygen atoms in total. The number of urea groups is 1. The molecule has 2 aromatic rings. The number of hydrogen-bond donors (Lipinski definition) is 3. The van der Waals surface area contributed by atoms with Crippen LogP contribution < -0.4 is 10.6 Å². The number of hydrogen-bond acceptors (Lipinski definition) is 4. The highest BCUT2D eigenvalue weighted by molar-refractivity contribution is 5.91. The van der Waals surface area contributed by atoms with Crippen LogP contribution in [0.5, 0.6) is 0 Å². The van der Waals surface area contributed by atoms with Crippen LogP contribution in [-0.2, 0) is 4.79 Å². The first-order valence-corrected chi connectivity index (χ1v) is 9.53. The fourth-order valence-corrected chi connectivity index (χ4v) is 3.66. The largest absolute Gasteiger partial charge is 0.480 e. The van der Waals surface area contributed by atoms with Crippen molar-refractivity contribution in [2.75, 3.05) is 18.4 Å². The first kappa shape index (κ1) is 19.9. The number of aliphatic carboxylic acids is 1. The molecule has 0 bridgehead atoms. The average molecular weight is 385 g/mol. The highest BCUT2D eigenvalue weighted by Gasteiger charge is 2.34. The van der Waals surface area contributed by atoms with Gasteiger partial charge in [0.2, 0.25) is 0 Å². The minimum absolute atomic E-state index is 0.0378. The Labute approximate surface area is 164 Å². The van der Waals surface area contributed by atoms with Crippen LogP contribution in [0.25, 0.3) is 5.69 Å². The average Bonchev–Trinajstić information content (AvgIpc) is 2.94. The molecule has 150 valence electrons. The van der Waals surface area contributed by atoms with Crippen LogP contribution in [0.3, 0.4) is 0 Å². The van der Waals surface area contributed by atoms with E-state index in [1.54, 1.807) is 0 Å². The Morgan fingerprint density at radius 3 is 2.61 bits per heavy atom. The van der Waals surface area contributed by atoms with Crippen LogP contribution >= 0.6 is 0 Å². The fourth-order valence-electron chi connectivity index (χ4n) is 3.66. The number of nitrogens with zero attached hydrogens (tertiary/aromatic N) is 3. The van der Waals surface area contributed by atoms with Crippen molar-refractivity contribution in [1.29, 1.82) is 0 Å². The third kappa shape index (κ3) is 4.51. The molecular formula is C20H27N5O3. The van der Waals surface area contributed by atoms with Gasteiger partial charge in [0.25, 0.3) is 0 Å². The summed E-state index contributed by atoms with van der Waals surface area (Å²) < 4.78 is 1.81. The first-order chi connectivity index (χ1) is 13.4. The van der Waals surface area contributed by atoms with Gasteiger partial charge in [-0.05, 0) is 51.4 Å². The molecule has 0 spiro atoms. The lowest BCUT2D eigenvalue weighted by atomic mass is 9.85. The van der Waals surface area contributed by atoms with Crippen molar-refractivity contribution < 1.29 is 14.7 Å². The number of amides is 2. The van der Waals surface area contributed by atoms with Crippen molar-refractivity contribution in [2.24, 2.45) is 0 Å². The summed E-state index contributed by atoms with van der Waals surface area (Å²) in [4.78, 5) is 25.3. The molecule has 1 heterocycles. The van der Waals surface area contributed by atoms with Gasteiger partial charge in [0, 0.05) is 17.8 Å². The van der Waals surface area contributed by atoms with E-state index in [0.717, 1.165) is 29.9 Å². The van der Waals surface area contributed by atoms with Gasteiger partial charge in [0.15, 0.2) is 0 Å². The molecule has 3 N–H and O–H groups in total. The van der Waals surface area contributed by atoms with Gasteiger partial charge in [-0.25, -0.2) is 9.48 Å². The lowest BCUT2D eigenvalue weighted by Gasteiger charge is -2.42. The highest BCUT2D eigenvalue weighted by Crippen LogP contribution is 2.26. The van der Waals surface area contributed by atoms with Crippen LogP contribution in [0.4, 0.5) is 10.5 Å². The zero-order valence-electron chi connectivity index (χ0n) is 16.5. The SMILES string of the molecule is CCN(CC(=O)O)C1CC(NC(=O)Nc2ccccc2-n2nc(C)cc2C)C1. The molecule has 1 aromatic carbocycles. The minimum atomic E-state index is -0.822. The van der Waals surface area contributed by atoms with E-state index in [0.29, 0.717) is 12.2 Å². The predicted octanol–water partition coefficient (Wildman–Crippen LogP) is 2.55. The van der Waals surface area contributed by atoms with Crippen molar-refractivity contribution in [3.8, 4) is 5.69 Å². The number of nitrogens with one attached hydrogen (secondary N) is 2. The maximum atomic E-state index is 12.5. The molecule has 1 aromatic heterocycles. The molecule has 3 rings (SSSR count). The summed E-state index contributed by atoms with van der Waals surface area (Å²) in [6.07, 6.45) is 1.52. The Morgan fingerprint density at radius 2 is 2.00 bits per heavy atom. The molecule has 0 atom stereocenters. The molecule has 8 heteroatoms. The van der Waals surface area contributed by atoms with E-state index in [4.69, 9.17) is 5.11 Å². The van der Waals surface area contributed by atoms with Gasteiger partial charge in [0.1, 0.15) is 0 Å². The van der Waals surface area contributed by atoms with E-state index in [1.807, 2.05) is 60.7 Å². The lowest BCUT2D eigenvalue weighted by molar-refractivity contribution is -0.139. The van der Waals surface area contributed by atoms with Crippen LogP contribution in [0.2, 0.25) is 0 Å². The van der Waals surface area contributed by atoms with Crippen LogP contribution in [0.15, 0.2) is 30.3 Å². The second-order valence-electron chi connectivity index (χ2n) is 7.23. The van der Waals surface area contributed by atoms with Crippen molar-refractivity contribution in [1.82, 2.24) is 20.0 Å². The summed E-state index contributed by atoms with van der Waals surface area (Å²) in [7, 11) is 0. The topological polar surface area (TPSA) is 99.5 Å². The third-order valence-corrected chi connectivity index (χ3v) is 5.10. The summed E-state index contributed by atoms with van der Waals surface area (Å²) in [5, 5.41) is 19.3. The normalized spacial score (nSPS) is 18.6. The highest BCUT2D eigenvalue weighted by atomic mass is 16.4. The Kier molecular flexibility index (Phi) is 5.99. The van der Waals surface area contributed by atoms with Gasteiger partial charge >= 0.3 is 12.0 Å². The number of anilines is 1. The van der Waals surface area contributed by atoms with Gasteiger partial charge in [-0.15, -0.1) is 0 Å². The molecule has 1 saturated carbocycles. The van der Waals surface area contributed by atoms with E-state index < -0.39 is 5.97 Å². The van der Waals surface area contributed by atoms with Crippen molar-refractivity contribution in [3.05, 3.63) is 41.7 Å². The molecule has 0 unspecified atom stereocenters. The molecule has 2 amide bonds. The van der Waals surface area contributed by atoms with E-state index in [-0.39, 0.29) is 24.7 Å². The zero-order chi connectivity index (χ0) is 20.3. The lowest BCUT2D eigenvalue weighted by Crippen LogP contribution is -2.55. The number of carbonyl (C=O) groups is 2. The second-order valence-corrected chi connectivity index (χ2v) is 7.23. The minimum Gasteiger partial charge on any atom is -0.480 e. The number of benzene rings is 1. The molecule has 0 radical (unpaired) electrons. The Balaban J connectivity index is 1.58. The summed E-state index contributed by atoms with van der Waals surface area (Å²) in [6.45, 7) is 6.58. The number of aryl methyl sites for hydroxylation is 2. The number of aromatic nitrogens is 2. The zero-order valence-corrected chi connectivity index (χ0v) is 16.5. The third-order valence-electron chi connectivity index (χ3n) is 5.10. The summed E-state index contributed by atoms with van der Waals surface area (Å²) in [6, 6.07) is 9.52. The maximum Gasteiger partial charge on any atom is 0.319 e. The number of rotatable bonds is 7. The van der Waals surface area contributed by atoms with Crippen LogP contribution in [0.1, 0.15) is 31.2 Å². The summed E-state index contributed by atoms with van der Waals surface area (Å²) >= 11 is 0. The van der Waals surface area contributed by atoms with E-state index in [9.17, 15) is 9.59 Å². The van der Waals surface area contributed by atoms with Crippen LogP contribution in [-0.4, -0.2) is 57.0 Å². The monoisotopic (exact) mass is 385 g/mol. The smallest absolute Gasteiger partial charge is 0.319 e. The standard InChI is InChI=1S/C20H27N5O3/c1-4-24(12-19(26)27)16-10-15(11-16)21-20(28)22-17-7-5-6-8-18(17)25-14(3)9-13(2)23-25/h5-9,15-16H,4,10-12H2,1-3H3,(H,26,27)(H2,21,22,28). The molecule has 0 aliphatic heterocycles. The number of carboxylic acids is 1. The Bertz CT molecular complexity index is 857. The number of carbonyl (C=O) groups excluding carboxylic acids is 1. The van der Waals surface area contributed by atoms with Gasteiger partial charge in [-0.2, -0.15) is 5.10 Å². The van der Waals surface area contributed by atoms with Gasteiger partial charge in [-0.3, -0.25) is 9.69 Å². The maximum absolute atomic E-state index is 12.5. The quantitative estimate of drug-likeness (QED) is 0.680. The summed E-state index contributed by atoms with van der Waals surface area (Å²) in [5.41, 5.74) is 3.41. The van der Waals surface area contributed by atoms with Gasteiger partial charge in [0.05, 0.1) is 23.6 Å². The van der Waals surface area contributed by atoms with Crippen LogP contribution in [0, 0.1) is 13.8 Å². The van der Waals surface area contributed by atoms with E-state index >= 15 is 0 Å². The molecule has 28 heavy (non-hydrogen) atoms. The van der Waals surface area contributed by atoms with Gasteiger partial charge < -0.3 is 15.7 Å². The van der Waals surface area contributed by atoms with E-state index in [1.165, 1.54) is 0 Å².